The van der Waals surface area contributed by atoms with Gasteiger partial charge in [0.15, 0.2) is 11.5 Å². The predicted molar refractivity (Wildman–Crippen MR) is 148 cm³/mol. The van der Waals surface area contributed by atoms with Gasteiger partial charge in [-0.1, -0.05) is 33.8 Å². The van der Waals surface area contributed by atoms with Crippen LogP contribution >= 0.6 is 0 Å². The zero-order valence-electron chi connectivity index (χ0n) is 25.0. The molecule has 0 aliphatic rings. The molecule has 0 aliphatic carbocycles. The summed E-state index contributed by atoms with van der Waals surface area (Å²) in [6.07, 6.45) is 0.488. The average molecular weight is 550 g/mol. The Labute approximate surface area is 233 Å². The summed E-state index contributed by atoms with van der Waals surface area (Å²) in [6.45, 7) is 16.5. The van der Waals surface area contributed by atoms with Crippen LogP contribution < -0.4 is 15.2 Å². The van der Waals surface area contributed by atoms with Gasteiger partial charge >= 0.3 is 23.9 Å². The minimum Gasteiger partial charge on any atom is -0.458 e. The van der Waals surface area contributed by atoms with Crippen molar-refractivity contribution in [1.29, 1.82) is 0 Å². The molecule has 0 amide bonds. The molecule has 0 aromatic heterocycles. The molecule has 1 rings (SSSR count). The van der Waals surface area contributed by atoms with Crippen LogP contribution in [0.2, 0.25) is 0 Å². The van der Waals surface area contributed by atoms with Gasteiger partial charge in [-0.05, 0) is 83.4 Å². The van der Waals surface area contributed by atoms with Gasteiger partial charge in [-0.2, -0.15) is 0 Å². The monoisotopic (exact) mass is 549 g/mol. The second-order valence-corrected chi connectivity index (χ2v) is 11.9. The maximum atomic E-state index is 12.7. The Morgan fingerprint density at radius 3 is 1.74 bits per heavy atom. The number of hydrogen-bond donors (Lipinski definition) is 1. The third kappa shape index (κ3) is 13.1. The minimum absolute atomic E-state index is 0.0832. The summed E-state index contributed by atoms with van der Waals surface area (Å²) in [6, 6.07) is 3.70. The van der Waals surface area contributed by atoms with Crippen molar-refractivity contribution >= 4 is 23.9 Å². The lowest BCUT2D eigenvalue weighted by Crippen LogP contribution is -2.40. The van der Waals surface area contributed by atoms with E-state index in [9.17, 15) is 19.2 Å². The molecule has 1 aromatic rings. The summed E-state index contributed by atoms with van der Waals surface area (Å²) >= 11 is 0. The lowest BCUT2D eigenvalue weighted by molar-refractivity contribution is -0.171. The number of esters is 4. The van der Waals surface area contributed by atoms with E-state index in [1.807, 2.05) is 27.7 Å². The first-order valence-electron chi connectivity index (χ1n) is 13.7. The normalized spacial score (nSPS) is 13.9. The molecule has 0 heterocycles. The van der Waals surface area contributed by atoms with Crippen molar-refractivity contribution in [2.45, 2.75) is 113 Å². The fourth-order valence-electron chi connectivity index (χ4n) is 3.15. The molecule has 0 aliphatic heterocycles. The number of ether oxygens (including phenoxy) is 4. The van der Waals surface area contributed by atoms with Crippen LogP contribution in [0, 0.1) is 17.3 Å². The summed E-state index contributed by atoms with van der Waals surface area (Å²) in [5.41, 5.74) is 6.02. The van der Waals surface area contributed by atoms with Crippen molar-refractivity contribution in [2.75, 3.05) is 0 Å². The molecular weight excluding hydrogens is 502 g/mol. The van der Waals surface area contributed by atoms with Gasteiger partial charge in [0.25, 0.3) is 0 Å². The van der Waals surface area contributed by atoms with Gasteiger partial charge in [0.05, 0.1) is 5.41 Å². The molecule has 0 radical (unpaired) electrons. The van der Waals surface area contributed by atoms with E-state index < -0.39 is 47.5 Å². The average Bonchev–Trinajstić information content (AvgIpc) is 2.82. The Hall–Kier alpha value is -2.94. The fraction of sp³-hybridized carbons (Fsp3) is 0.667. The van der Waals surface area contributed by atoms with Gasteiger partial charge in [-0.3, -0.25) is 19.2 Å². The summed E-state index contributed by atoms with van der Waals surface area (Å²) in [4.78, 5) is 49.5. The van der Waals surface area contributed by atoms with Crippen molar-refractivity contribution in [3.63, 3.8) is 0 Å². The third-order valence-corrected chi connectivity index (χ3v) is 5.93. The fourth-order valence-corrected chi connectivity index (χ4v) is 3.15. The Kier molecular flexibility index (Phi) is 13.6. The first-order valence-corrected chi connectivity index (χ1v) is 13.7. The van der Waals surface area contributed by atoms with Crippen LogP contribution in [0.3, 0.4) is 0 Å². The van der Waals surface area contributed by atoms with Gasteiger partial charge < -0.3 is 24.7 Å². The molecule has 39 heavy (non-hydrogen) atoms. The SMILES string of the molecule is CC(C)CCC(=O)Oc1ccc(C[C@H](N)C(=O)O[C@@H](C)[C@H](C)OC(=O)C(C)(C)C)cc1OC(=O)CCC(C)C. The van der Waals surface area contributed by atoms with Crippen molar-refractivity contribution in [1.82, 2.24) is 0 Å². The summed E-state index contributed by atoms with van der Waals surface area (Å²) in [5.74, 6) is -1.05. The lowest BCUT2D eigenvalue weighted by Gasteiger charge is -2.25. The van der Waals surface area contributed by atoms with E-state index in [1.165, 1.54) is 6.07 Å². The quantitative estimate of drug-likeness (QED) is 0.247. The van der Waals surface area contributed by atoms with Gasteiger partial charge in [0.1, 0.15) is 18.2 Å². The van der Waals surface area contributed by atoms with E-state index in [2.05, 4.69) is 0 Å². The molecule has 2 N–H and O–H groups in total. The number of benzene rings is 1. The summed E-state index contributed by atoms with van der Waals surface area (Å²) < 4.78 is 21.9. The molecule has 1 aromatic carbocycles. The van der Waals surface area contributed by atoms with Gasteiger partial charge in [0, 0.05) is 12.8 Å². The molecule has 0 saturated carbocycles. The van der Waals surface area contributed by atoms with Crippen molar-refractivity contribution in [3.8, 4) is 11.5 Å². The molecule has 0 spiro atoms. The Morgan fingerprint density at radius 2 is 1.26 bits per heavy atom. The molecule has 9 heteroatoms. The van der Waals surface area contributed by atoms with Crippen LogP contribution in [0.25, 0.3) is 0 Å². The topological polar surface area (TPSA) is 131 Å². The highest BCUT2D eigenvalue weighted by atomic mass is 16.6. The minimum atomic E-state index is -1.03. The molecule has 0 fully saturated rings. The second kappa shape index (κ2) is 15.6. The molecule has 3 atom stereocenters. The highest BCUT2D eigenvalue weighted by Crippen LogP contribution is 2.30. The lowest BCUT2D eigenvalue weighted by atomic mass is 9.97. The molecule has 0 saturated heterocycles. The molecule has 0 unspecified atom stereocenters. The Bertz CT molecular complexity index is 980. The summed E-state index contributed by atoms with van der Waals surface area (Å²) in [5, 5.41) is 0. The maximum Gasteiger partial charge on any atom is 0.323 e. The van der Waals surface area contributed by atoms with E-state index in [4.69, 9.17) is 24.7 Å². The molecular formula is C30H47NO8. The van der Waals surface area contributed by atoms with Crippen LogP contribution in [0.15, 0.2) is 18.2 Å². The first kappa shape index (κ1) is 34.1. The zero-order valence-corrected chi connectivity index (χ0v) is 25.0. The van der Waals surface area contributed by atoms with Crippen molar-refractivity contribution in [2.24, 2.45) is 23.0 Å². The number of carbonyl (C=O) groups is 4. The Morgan fingerprint density at radius 1 is 0.769 bits per heavy atom. The molecule has 220 valence electrons. The highest BCUT2D eigenvalue weighted by Gasteiger charge is 2.29. The van der Waals surface area contributed by atoms with Crippen molar-refractivity contribution < 1.29 is 38.1 Å². The van der Waals surface area contributed by atoms with E-state index >= 15 is 0 Å². The van der Waals surface area contributed by atoms with Crippen LogP contribution in [-0.4, -0.2) is 42.1 Å². The van der Waals surface area contributed by atoms with Gasteiger partial charge in [-0.15, -0.1) is 0 Å². The van der Waals surface area contributed by atoms with E-state index in [1.54, 1.807) is 46.8 Å². The third-order valence-electron chi connectivity index (χ3n) is 5.93. The maximum absolute atomic E-state index is 12.7. The number of nitrogens with two attached hydrogens (primary N) is 1. The number of rotatable bonds is 14. The largest absolute Gasteiger partial charge is 0.458 e. The number of hydrogen-bond acceptors (Lipinski definition) is 9. The Balaban J connectivity index is 2.95. The van der Waals surface area contributed by atoms with Crippen LogP contribution in [0.1, 0.15) is 93.6 Å². The molecule has 9 nitrogen and oxygen atoms in total. The summed E-state index contributed by atoms with van der Waals surface area (Å²) in [7, 11) is 0. The van der Waals surface area contributed by atoms with Crippen LogP contribution in [0.5, 0.6) is 11.5 Å². The van der Waals surface area contributed by atoms with Crippen molar-refractivity contribution in [3.05, 3.63) is 23.8 Å². The van der Waals surface area contributed by atoms with Gasteiger partial charge in [0.2, 0.25) is 0 Å². The van der Waals surface area contributed by atoms with E-state index in [0.717, 1.165) is 0 Å². The predicted octanol–water partition coefficient (Wildman–Crippen LogP) is 5.15. The first-order chi connectivity index (χ1) is 18.0. The van der Waals surface area contributed by atoms with E-state index in [-0.39, 0.29) is 30.8 Å². The number of carbonyl (C=O) groups excluding carboxylic acids is 4. The van der Waals surface area contributed by atoms with E-state index in [0.29, 0.717) is 30.2 Å². The van der Waals surface area contributed by atoms with Crippen LogP contribution in [-0.2, 0) is 35.1 Å². The zero-order chi connectivity index (χ0) is 29.9. The smallest absolute Gasteiger partial charge is 0.323 e. The van der Waals surface area contributed by atoms with Gasteiger partial charge in [-0.25, -0.2) is 0 Å². The standard InChI is InChI=1S/C30H47NO8/c1-18(2)10-14-26(32)38-24-13-12-22(17-25(24)39-27(33)15-11-19(3)4)16-23(31)28(34)36-20(5)21(6)37-29(35)30(7,8)9/h12-13,17-21,23H,10-11,14-16,31H2,1-9H3/t20-,21-,23-/m0/s1. The second-order valence-electron chi connectivity index (χ2n) is 11.9. The highest BCUT2D eigenvalue weighted by molar-refractivity contribution is 5.78. The molecule has 0 bridgehead atoms. The van der Waals surface area contributed by atoms with Crippen LogP contribution in [0.4, 0.5) is 0 Å².